The molecule has 0 amide bonds. The average Bonchev–Trinajstić information content (AvgIpc) is 2.07. The zero-order valence-corrected chi connectivity index (χ0v) is 5.49. The van der Waals surface area contributed by atoms with Gasteiger partial charge in [0.1, 0.15) is 0 Å². The first-order valence-corrected chi connectivity index (χ1v) is 3.33. The Morgan fingerprint density at radius 3 is 2.00 bits per heavy atom. The maximum absolute atomic E-state index is 8.60. The summed E-state index contributed by atoms with van der Waals surface area (Å²) in [5.41, 5.74) is 0. The number of hydrogen-bond donors (Lipinski definition) is 2. The molecule has 0 spiro atoms. The van der Waals surface area contributed by atoms with Gasteiger partial charge in [-0.15, -0.1) is 0 Å². The highest BCUT2D eigenvalue weighted by Gasteiger charge is 1.98. The van der Waals surface area contributed by atoms with Gasteiger partial charge in [0.15, 0.2) is 0 Å². The first-order valence-electron chi connectivity index (χ1n) is 2.07. The van der Waals surface area contributed by atoms with E-state index in [0.29, 0.717) is 0 Å². The topological polar surface area (TPSA) is 118 Å². The molecule has 0 bridgehead atoms. The molecule has 1 rings (SSSR count). The fraction of sp³-hybridized carbons (Fsp3) is 0. The van der Waals surface area contributed by atoms with Crippen molar-refractivity contribution in [2.75, 3.05) is 0 Å². The van der Waals surface area contributed by atoms with E-state index in [-0.39, 0.29) is 0 Å². The predicted octanol–water partition coefficient (Wildman–Crippen LogP) is -3.71. The summed E-state index contributed by atoms with van der Waals surface area (Å²) in [5.74, 6) is 0. The highest BCUT2D eigenvalue weighted by molar-refractivity contribution is 4.72. The Kier molecular flexibility index (Phi) is 3.93. The van der Waals surface area contributed by atoms with Crippen LogP contribution in [0.4, 0.5) is 0 Å². The van der Waals surface area contributed by atoms with Crippen LogP contribution in [0, 0.1) is 10.2 Å². The third-order valence-corrected chi connectivity index (χ3v) is 0.406. The highest BCUT2D eigenvalue weighted by atomic mass is 35.7. The summed E-state index contributed by atoms with van der Waals surface area (Å²) in [6, 6.07) is 1.83. The first-order chi connectivity index (χ1) is 4.50. The summed E-state index contributed by atoms with van der Waals surface area (Å²) < 4.78 is 32.7. The SMILES string of the molecule is [O-][Cl+3]([O-])([O-])O.c1cn[nH]c1. The molecule has 1 aromatic rings. The molecule has 0 aromatic carbocycles. The molecular weight excluding hydrogens is 163 g/mol. The first kappa shape index (κ1) is 9.34. The Bertz CT molecular complexity index is 125. The second kappa shape index (κ2) is 4.20. The monoisotopic (exact) mass is 168 g/mol. The molecule has 7 heteroatoms. The van der Waals surface area contributed by atoms with E-state index in [1.165, 1.54) is 0 Å². The second-order valence-electron chi connectivity index (χ2n) is 1.16. The number of hydrogen-bond acceptors (Lipinski definition) is 5. The van der Waals surface area contributed by atoms with E-state index in [2.05, 4.69) is 10.2 Å². The zero-order valence-electron chi connectivity index (χ0n) is 4.73. The summed E-state index contributed by atoms with van der Waals surface area (Å²) in [7, 11) is -4.69. The Balaban J connectivity index is 0.000000162. The van der Waals surface area contributed by atoms with Crippen molar-refractivity contribution in [1.82, 2.24) is 10.2 Å². The number of nitrogens with zero attached hydrogens (tertiary/aromatic N) is 1. The molecule has 1 heterocycles. The molecule has 0 aliphatic carbocycles. The zero-order chi connectivity index (χ0) is 8.04. The van der Waals surface area contributed by atoms with Crippen LogP contribution in [0.1, 0.15) is 0 Å². The van der Waals surface area contributed by atoms with Gasteiger partial charge < -0.3 is 0 Å². The minimum Gasteiger partial charge on any atom is -0.286 e. The van der Waals surface area contributed by atoms with Gasteiger partial charge in [-0.05, 0) is 6.07 Å². The smallest absolute Gasteiger partial charge is 0.0777 e. The van der Waals surface area contributed by atoms with Gasteiger partial charge in [0.2, 0.25) is 0 Å². The summed E-state index contributed by atoms with van der Waals surface area (Å²) in [5, 5.41) is 6.21. The fourth-order valence-corrected chi connectivity index (χ4v) is 0.215. The molecule has 58 valence electrons. The lowest BCUT2D eigenvalue weighted by Gasteiger charge is -2.03. The van der Waals surface area contributed by atoms with Crippen molar-refractivity contribution in [3.8, 4) is 0 Å². The second-order valence-corrected chi connectivity index (χ2v) is 1.95. The maximum atomic E-state index is 8.60. The number of aromatic nitrogens is 2. The van der Waals surface area contributed by atoms with Crippen molar-refractivity contribution >= 4 is 0 Å². The number of H-pyrrole nitrogens is 1. The Morgan fingerprint density at radius 2 is 1.90 bits per heavy atom. The van der Waals surface area contributed by atoms with Gasteiger partial charge in [-0.25, -0.2) is 0 Å². The molecule has 0 aliphatic rings. The summed E-state index contributed by atoms with van der Waals surface area (Å²) >= 11 is 0. The van der Waals surface area contributed by atoms with Crippen LogP contribution in [0.3, 0.4) is 0 Å². The molecule has 6 nitrogen and oxygen atoms in total. The van der Waals surface area contributed by atoms with Gasteiger partial charge in [0, 0.05) is 12.4 Å². The molecule has 0 fully saturated rings. The van der Waals surface area contributed by atoms with Gasteiger partial charge in [-0.2, -0.15) is 19.1 Å². The van der Waals surface area contributed by atoms with E-state index in [1.54, 1.807) is 12.4 Å². The molecule has 2 N–H and O–H groups in total. The molecule has 0 atom stereocenters. The van der Waals surface area contributed by atoms with Crippen molar-refractivity contribution < 1.29 is 28.9 Å². The lowest BCUT2D eigenvalue weighted by molar-refractivity contribution is -1.92. The summed E-state index contributed by atoms with van der Waals surface area (Å²) in [6.07, 6.45) is 3.46. The normalized spacial score (nSPS) is 10.0. The largest absolute Gasteiger partial charge is 0.286 e. The van der Waals surface area contributed by atoms with Crippen molar-refractivity contribution in [2.45, 2.75) is 0 Å². The average molecular weight is 169 g/mol. The third-order valence-electron chi connectivity index (χ3n) is 0.406. The minimum absolute atomic E-state index is 1.69. The number of aromatic amines is 1. The van der Waals surface area contributed by atoms with Crippen LogP contribution >= 0.6 is 0 Å². The van der Waals surface area contributed by atoms with E-state index < -0.39 is 10.2 Å². The summed E-state index contributed by atoms with van der Waals surface area (Å²) in [4.78, 5) is 0. The number of nitrogens with one attached hydrogen (secondary N) is 1. The molecule has 0 saturated heterocycles. The van der Waals surface area contributed by atoms with Gasteiger partial charge in [0.05, 0.1) is 14.9 Å². The van der Waals surface area contributed by atoms with Crippen molar-refractivity contribution in [2.24, 2.45) is 0 Å². The molecule has 0 aliphatic heterocycles. The van der Waals surface area contributed by atoms with Crippen LogP contribution in [0.25, 0.3) is 0 Å². The Hall–Kier alpha value is -0.660. The van der Waals surface area contributed by atoms with Crippen molar-refractivity contribution in [1.29, 1.82) is 0 Å². The Morgan fingerprint density at radius 1 is 1.40 bits per heavy atom. The van der Waals surface area contributed by atoms with Crippen molar-refractivity contribution in [3.05, 3.63) is 18.5 Å². The lowest BCUT2D eigenvalue weighted by atomic mass is 10.8. The predicted molar refractivity (Wildman–Crippen MR) is 20.8 cm³/mol. The lowest BCUT2D eigenvalue weighted by Crippen LogP contribution is -2.58. The highest BCUT2D eigenvalue weighted by Crippen LogP contribution is 1.64. The van der Waals surface area contributed by atoms with Gasteiger partial charge >= 0.3 is 0 Å². The van der Waals surface area contributed by atoms with E-state index in [4.69, 9.17) is 18.6 Å². The van der Waals surface area contributed by atoms with E-state index in [0.717, 1.165) is 0 Å². The van der Waals surface area contributed by atoms with Crippen LogP contribution in [0.15, 0.2) is 18.5 Å². The summed E-state index contributed by atoms with van der Waals surface area (Å²) in [6.45, 7) is 0. The standard InChI is InChI=1S/C3H4N2.ClHO4/c1-2-4-5-3-1;2-1(3,4)5/h1-3H,(H,4,5);(H,2,3,4,5). The van der Waals surface area contributed by atoms with Crippen LogP contribution < -0.4 is 14.0 Å². The molecule has 0 radical (unpaired) electrons. The minimum atomic E-state index is -4.69. The van der Waals surface area contributed by atoms with E-state index in [9.17, 15) is 0 Å². The quantitative estimate of drug-likeness (QED) is 0.413. The van der Waals surface area contributed by atoms with Crippen LogP contribution in [-0.4, -0.2) is 14.9 Å². The van der Waals surface area contributed by atoms with Crippen molar-refractivity contribution in [3.63, 3.8) is 0 Å². The van der Waals surface area contributed by atoms with Gasteiger partial charge in [-0.3, -0.25) is 5.10 Å². The third kappa shape index (κ3) is 15.7. The van der Waals surface area contributed by atoms with Crippen LogP contribution in [-0.2, 0) is 0 Å². The van der Waals surface area contributed by atoms with Gasteiger partial charge in [-0.1, -0.05) is 0 Å². The molecule has 10 heavy (non-hydrogen) atoms. The van der Waals surface area contributed by atoms with Gasteiger partial charge in [0.25, 0.3) is 0 Å². The molecular formula is C3H5ClN2O4. The molecule has 0 saturated carbocycles. The van der Waals surface area contributed by atoms with E-state index >= 15 is 0 Å². The fourth-order valence-electron chi connectivity index (χ4n) is 0.215. The number of rotatable bonds is 0. The van der Waals surface area contributed by atoms with Crippen LogP contribution in [0.2, 0.25) is 0 Å². The Labute approximate surface area is 58.5 Å². The molecule has 0 unspecified atom stereocenters. The van der Waals surface area contributed by atoms with E-state index in [1.807, 2.05) is 6.07 Å². The van der Waals surface area contributed by atoms with Crippen LogP contribution in [0.5, 0.6) is 0 Å². The number of halogens is 1. The maximum Gasteiger partial charge on any atom is 0.0777 e. The molecule has 1 aromatic heterocycles.